The Morgan fingerprint density at radius 1 is 1.32 bits per heavy atom. The number of benzene rings is 1. The Kier molecular flexibility index (Phi) is 8.52. The minimum atomic E-state index is -1.27. The zero-order valence-corrected chi connectivity index (χ0v) is 14.2. The number of hydrogen-bond acceptors (Lipinski definition) is 5. The molecule has 138 valence electrons. The van der Waals surface area contributed by atoms with E-state index in [0.29, 0.717) is 13.1 Å². The van der Waals surface area contributed by atoms with Crippen LogP contribution in [0.5, 0.6) is 0 Å². The van der Waals surface area contributed by atoms with Crippen molar-refractivity contribution in [3.05, 3.63) is 35.8 Å². The second-order valence-corrected chi connectivity index (χ2v) is 5.18. The lowest BCUT2D eigenvalue weighted by molar-refractivity contribution is -0.128. The predicted molar refractivity (Wildman–Crippen MR) is 88.9 cm³/mol. The van der Waals surface area contributed by atoms with Gasteiger partial charge in [0.2, 0.25) is 0 Å². The topological polar surface area (TPSA) is 58.6 Å². The van der Waals surface area contributed by atoms with Crippen LogP contribution in [0.15, 0.2) is 18.3 Å². The zero-order chi connectivity index (χ0) is 18.8. The van der Waals surface area contributed by atoms with Gasteiger partial charge in [-0.25, -0.2) is 13.2 Å². The van der Waals surface area contributed by atoms with Crippen molar-refractivity contribution in [2.45, 2.75) is 26.2 Å². The molecule has 2 rings (SSSR count). The fourth-order valence-corrected chi connectivity index (χ4v) is 2.05. The van der Waals surface area contributed by atoms with Crippen LogP contribution in [0.1, 0.15) is 26.2 Å². The van der Waals surface area contributed by atoms with Gasteiger partial charge >= 0.3 is 0 Å². The summed E-state index contributed by atoms with van der Waals surface area (Å²) in [6.45, 7) is 3.23. The van der Waals surface area contributed by atoms with E-state index in [4.69, 9.17) is 0 Å². The van der Waals surface area contributed by atoms with Gasteiger partial charge in [0.05, 0.1) is 12.3 Å². The van der Waals surface area contributed by atoms with Gasteiger partial charge in [0, 0.05) is 32.3 Å². The number of rotatable bonds is 6. The first-order chi connectivity index (χ1) is 12.0. The van der Waals surface area contributed by atoms with Crippen molar-refractivity contribution >= 4 is 23.6 Å². The average Bonchev–Trinajstić information content (AvgIpc) is 2.61. The molecule has 0 bridgehead atoms. The smallest absolute Gasteiger partial charge is 0.293 e. The van der Waals surface area contributed by atoms with Crippen molar-refractivity contribution < 1.29 is 27.5 Å². The van der Waals surface area contributed by atoms with Crippen molar-refractivity contribution in [2.75, 3.05) is 30.4 Å². The summed E-state index contributed by atoms with van der Waals surface area (Å²) in [5.41, 5.74) is -0.721. The number of anilines is 2. The highest BCUT2D eigenvalue weighted by Gasteiger charge is 2.23. The monoisotopic (exact) mass is 358 g/mol. The van der Waals surface area contributed by atoms with Crippen LogP contribution in [-0.4, -0.2) is 32.5 Å². The second kappa shape index (κ2) is 10.4. The summed E-state index contributed by atoms with van der Waals surface area (Å²) >= 11 is 0. The van der Waals surface area contributed by atoms with Gasteiger partial charge in [-0.2, -0.15) is 0 Å². The molecule has 0 aromatic heterocycles. The molecular weight excluding hydrogens is 337 g/mol. The van der Waals surface area contributed by atoms with Crippen molar-refractivity contribution in [3.8, 4) is 0 Å². The van der Waals surface area contributed by atoms with Crippen molar-refractivity contribution in [2.24, 2.45) is 0 Å². The number of unbranched alkanes of at least 4 members (excludes halogenated alkanes) is 1. The Hall–Kier alpha value is -2.51. The molecule has 0 amide bonds. The molecule has 0 unspecified atom stereocenters. The van der Waals surface area contributed by atoms with Gasteiger partial charge in [0.1, 0.15) is 5.69 Å². The molecule has 1 aliphatic heterocycles. The molecule has 1 N–H and O–H groups in total. The summed E-state index contributed by atoms with van der Waals surface area (Å²) in [5.74, 6) is -3.41. The number of halogens is 3. The number of carbonyl (C=O) groups is 2. The van der Waals surface area contributed by atoms with E-state index in [1.54, 1.807) is 0 Å². The molecule has 1 heterocycles. The number of allylic oxidation sites excluding steroid dienone is 1. The highest BCUT2D eigenvalue weighted by atomic mass is 19.2. The Morgan fingerprint density at radius 3 is 2.56 bits per heavy atom. The van der Waals surface area contributed by atoms with Gasteiger partial charge in [0.25, 0.3) is 6.47 Å². The van der Waals surface area contributed by atoms with Gasteiger partial charge in [-0.15, -0.1) is 0 Å². The normalized spacial score (nSPS) is 13.2. The Morgan fingerprint density at radius 2 is 2.04 bits per heavy atom. The van der Waals surface area contributed by atoms with E-state index in [-0.39, 0.29) is 24.4 Å². The summed E-state index contributed by atoms with van der Waals surface area (Å²) in [4.78, 5) is 21.6. The van der Waals surface area contributed by atoms with E-state index >= 15 is 0 Å². The van der Waals surface area contributed by atoms with Crippen molar-refractivity contribution in [3.63, 3.8) is 0 Å². The van der Waals surface area contributed by atoms with Crippen LogP contribution in [0.2, 0.25) is 0 Å². The molecule has 0 radical (unpaired) electrons. The van der Waals surface area contributed by atoms with Crippen LogP contribution >= 0.6 is 0 Å². The SMILES string of the molecule is CCCCOC=O.CNc1cc(F)c(N2C=CC(=O)CC2)c(F)c1F. The van der Waals surface area contributed by atoms with Crippen LogP contribution in [-0.2, 0) is 14.3 Å². The Labute approximate surface area is 144 Å². The highest BCUT2D eigenvalue weighted by Crippen LogP contribution is 2.31. The van der Waals surface area contributed by atoms with Gasteiger partial charge in [-0.3, -0.25) is 9.59 Å². The predicted octanol–water partition coefficient (Wildman–Crippen LogP) is 3.40. The van der Waals surface area contributed by atoms with Crippen LogP contribution in [0.25, 0.3) is 0 Å². The van der Waals surface area contributed by atoms with E-state index in [0.717, 1.165) is 18.9 Å². The maximum absolute atomic E-state index is 13.8. The first-order valence-corrected chi connectivity index (χ1v) is 7.84. The molecule has 0 aliphatic carbocycles. The molecule has 1 aromatic carbocycles. The molecule has 1 aliphatic rings. The summed E-state index contributed by atoms with van der Waals surface area (Å²) in [7, 11) is 1.37. The molecule has 5 nitrogen and oxygen atoms in total. The van der Waals surface area contributed by atoms with E-state index < -0.39 is 23.1 Å². The lowest BCUT2D eigenvalue weighted by atomic mass is 10.1. The second-order valence-electron chi connectivity index (χ2n) is 5.18. The number of hydrogen-bond donors (Lipinski definition) is 1. The number of nitrogens with zero attached hydrogens (tertiary/aromatic N) is 1. The van der Waals surface area contributed by atoms with Crippen LogP contribution in [0.3, 0.4) is 0 Å². The summed E-state index contributed by atoms with van der Waals surface area (Å²) < 4.78 is 45.5. The first kappa shape index (κ1) is 20.5. The maximum Gasteiger partial charge on any atom is 0.293 e. The molecule has 25 heavy (non-hydrogen) atoms. The van der Waals surface area contributed by atoms with Crippen LogP contribution < -0.4 is 10.2 Å². The first-order valence-electron chi connectivity index (χ1n) is 7.84. The molecule has 0 fully saturated rings. The fraction of sp³-hybridized carbons (Fsp3) is 0.412. The van der Waals surface area contributed by atoms with E-state index in [1.165, 1.54) is 24.2 Å². The largest absolute Gasteiger partial charge is 0.468 e. The molecule has 0 saturated carbocycles. The van der Waals surface area contributed by atoms with Crippen LogP contribution in [0.4, 0.5) is 24.5 Å². The average molecular weight is 358 g/mol. The third kappa shape index (κ3) is 5.81. The van der Waals surface area contributed by atoms with Crippen LogP contribution in [0, 0.1) is 17.5 Å². The van der Waals surface area contributed by atoms with E-state index in [1.807, 2.05) is 6.92 Å². The highest BCUT2D eigenvalue weighted by molar-refractivity contribution is 5.91. The van der Waals surface area contributed by atoms with E-state index in [2.05, 4.69) is 10.1 Å². The molecule has 1 aromatic rings. The third-order valence-electron chi connectivity index (χ3n) is 3.41. The minimum absolute atomic E-state index is 0.126. The summed E-state index contributed by atoms with van der Waals surface area (Å²) in [6, 6.07) is 0.887. The number of ether oxygens (including phenoxy) is 1. The third-order valence-corrected chi connectivity index (χ3v) is 3.41. The lowest BCUT2D eigenvalue weighted by Gasteiger charge is -2.24. The quantitative estimate of drug-likeness (QED) is 0.480. The Balaban J connectivity index is 0.000000381. The molecule has 0 saturated heterocycles. The molecule has 8 heteroatoms. The zero-order valence-electron chi connectivity index (χ0n) is 14.2. The van der Waals surface area contributed by atoms with Gasteiger partial charge in [0.15, 0.2) is 23.2 Å². The van der Waals surface area contributed by atoms with E-state index in [9.17, 15) is 22.8 Å². The summed E-state index contributed by atoms with van der Waals surface area (Å²) in [6.07, 6.45) is 4.66. The number of carbonyl (C=O) groups excluding carboxylic acids is 2. The van der Waals surface area contributed by atoms with Crippen molar-refractivity contribution in [1.29, 1.82) is 0 Å². The minimum Gasteiger partial charge on any atom is -0.468 e. The lowest BCUT2D eigenvalue weighted by Crippen LogP contribution is -2.26. The number of nitrogens with one attached hydrogen (secondary N) is 1. The Bertz CT molecular complexity index is 636. The molecule has 0 atom stereocenters. The summed E-state index contributed by atoms with van der Waals surface area (Å²) in [5, 5.41) is 2.37. The van der Waals surface area contributed by atoms with Gasteiger partial charge in [-0.05, 0) is 12.5 Å². The standard InChI is InChI=1S/C12H11F3N2O.C5H10O2/c1-16-9-6-8(13)12(11(15)10(9)14)17-4-2-7(18)3-5-17;1-2-3-4-7-5-6/h2,4,6,16H,3,5H2,1H3;5H,2-4H2,1H3. The maximum atomic E-state index is 13.8. The number of ketones is 1. The van der Waals surface area contributed by atoms with Gasteiger partial charge in [-0.1, -0.05) is 13.3 Å². The van der Waals surface area contributed by atoms with Crippen molar-refractivity contribution in [1.82, 2.24) is 0 Å². The van der Waals surface area contributed by atoms with Gasteiger partial charge < -0.3 is 15.0 Å². The fourth-order valence-electron chi connectivity index (χ4n) is 2.05. The molecular formula is C17H21F3N2O3. The molecule has 0 spiro atoms.